The summed E-state index contributed by atoms with van der Waals surface area (Å²) >= 11 is 2.15. The van der Waals surface area contributed by atoms with Gasteiger partial charge >= 0.3 is 0 Å². The molecule has 140 valence electrons. The van der Waals surface area contributed by atoms with Crippen LogP contribution >= 0.6 is 22.6 Å². The Morgan fingerprint density at radius 1 is 1.11 bits per heavy atom. The highest BCUT2D eigenvalue weighted by Crippen LogP contribution is 2.25. The number of anilines is 2. The number of hydrogen-bond donors (Lipinski definition) is 2. The largest absolute Gasteiger partial charge is 0.307 e. The van der Waals surface area contributed by atoms with Gasteiger partial charge in [-0.3, -0.25) is 5.10 Å². The van der Waals surface area contributed by atoms with Gasteiger partial charge in [0.25, 0.3) is 0 Å². The molecule has 0 aliphatic carbocycles. The molecule has 3 aromatic rings. The van der Waals surface area contributed by atoms with Crippen LogP contribution in [-0.4, -0.2) is 30.1 Å². The van der Waals surface area contributed by atoms with Crippen LogP contribution in [0.4, 0.5) is 11.8 Å². The van der Waals surface area contributed by atoms with E-state index < -0.39 is 0 Å². The van der Waals surface area contributed by atoms with E-state index in [0.29, 0.717) is 28.7 Å². The van der Waals surface area contributed by atoms with Gasteiger partial charge in [0.1, 0.15) is 11.6 Å². The molecule has 7 nitrogen and oxygen atoms in total. The Morgan fingerprint density at radius 3 is 2.44 bits per heavy atom. The summed E-state index contributed by atoms with van der Waals surface area (Å²) in [5.74, 6) is 2.66. The molecule has 27 heavy (non-hydrogen) atoms. The second kappa shape index (κ2) is 9.41. The van der Waals surface area contributed by atoms with Gasteiger partial charge in [-0.25, -0.2) is 9.97 Å². The number of H-pyrrole nitrogens is 1. The first kappa shape index (κ1) is 20.8. The number of nitrogens with one attached hydrogen (secondary N) is 2. The van der Waals surface area contributed by atoms with E-state index in [1.165, 1.54) is 0 Å². The molecule has 8 heteroatoms. The molecule has 0 fully saturated rings. The zero-order chi connectivity index (χ0) is 20.0. The first-order valence-corrected chi connectivity index (χ1v) is 10.6. The van der Waals surface area contributed by atoms with E-state index in [2.05, 4.69) is 59.1 Å². The Hall–Kier alpha value is -2.54. The Morgan fingerprint density at radius 2 is 1.81 bits per heavy atom. The molecule has 1 aromatic carbocycles. The second-order valence-corrected chi connectivity index (χ2v) is 6.09. The zero-order valence-electron chi connectivity index (χ0n) is 16.0. The number of aryl methyl sites for hydroxylation is 1. The van der Waals surface area contributed by atoms with Crippen molar-refractivity contribution in [3.63, 3.8) is 0 Å². The number of hydrogen-bond acceptors (Lipinski definition) is 6. The van der Waals surface area contributed by atoms with Gasteiger partial charge in [-0.1, -0.05) is 48.6 Å². The Balaban J connectivity index is 0.00000126. The molecule has 0 spiro atoms. The quantitative estimate of drug-likeness (QED) is 0.420. The van der Waals surface area contributed by atoms with Crippen molar-refractivity contribution in [1.82, 2.24) is 25.1 Å². The third-order valence-electron chi connectivity index (χ3n) is 3.96. The number of aromatic nitrogens is 5. The fourth-order valence-corrected chi connectivity index (χ4v) is 2.34. The van der Waals surface area contributed by atoms with Crippen LogP contribution in [0.15, 0.2) is 24.3 Å². The summed E-state index contributed by atoms with van der Waals surface area (Å²) in [6.45, 7) is 7.94. The summed E-state index contributed by atoms with van der Waals surface area (Å²) in [6.07, 6.45) is 0. The van der Waals surface area contributed by atoms with Crippen molar-refractivity contribution >= 4 is 34.4 Å². The fraction of sp³-hybridized carbons (Fsp3) is 0.316. The van der Waals surface area contributed by atoms with E-state index in [1.807, 2.05) is 50.8 Å². The molecule has 0 aliphatic rings. The summed E-state index contributed by atoms with van der Waals surface area (Å²) in [7, 11) is 0. The van der Waals surface area contributed by atoms with E-state index in [4.69, 9.17) is 0 Å². The van der Waals surface area contributed by atoms with Crippen LogP contribution in [0.3, 0.4) is 0 Å². The minimum atomic E-state index is 0.259. The lowest BCUT2D eigenvalue weighted by molar-refractivity contribution is 0.781. The Bertz CT molecular complexity index is 957. The highest BCUT2D eigenvalue weighted by atomic mass is 127. The lowest BCUT2D eigenvalue weighted by Gasteiger charge is -2.11. The molecule has 2 N–H and O–H groups in total. The molecular formula is C19H22IN7. The normalized spacial score (nSPS) is 10.1. The van der Waals surface area contributed by atoms with Gasteiger partial charge in [0, 0.05) is 22.7 Å². The molecule has 3 rings (SSSR count). The first-order chi connectivity index (χ1) is 13.0. The molecule has 2 heterocycles. The average molecular weight is 475 g/mol. The monoisotopic (exact) mass is 475 g/mol. The maximum Gasteiger partial charge on any atom is 0.247 e. The Kier molecular flexibility index (Phi) is 7.24. The molecule has 0 radical (unpaired) electrons. The summed E-state index contributed by atoms with van der Waals surface area (Å²) < 4.78 is 0. The van der Waals surface area contributed by atoms with E-state index in [9.17, 15) is 5.26 Å². The van der Waals surface area contributed by atoms with Crippen molar-refractivity contribution in [2.75, 3.05) is 10.2 Å². The SMILES string of the molecule is CI.Cc1nc(-c2ccccc2C#N)nc(Nc2n[nH]c(C(C)C)n2)c1C. The second-order valence-electron chi connectivity index (χ2n) is 6.09. The van der Waals surface area contributed by atoms with Crippen LogP contribution in [0, 0.1) is 25.2 Å². The van der Waals surface area contributed by atoms with Gasteiger partial charge in [-0.2, -0.15) is 10.2 Å². The highest BCUT2D eigenvalue weighted by molar-refractivity contribution is 14.1. The molecular weight excluding hydrogens is 453 g/mol. The number of benzene rings is 1. The summed E-state index contributed by atoms with van der Waals surface area (Å²) in [4.78, 5) is 15.5. The van der Waals surface area contributed by atoms with E-state index in [1.54, 1.807) is 6.07 Å². The predicted molar refractivity (Wildman–Crippen MR) is 115 cm³/mol. The van der Waals surface area contributed by atoms with Crippen LogP contribution in [0.25, 0.3) is 11.4 Å². The van der Waals surface area contributed by atoms with E-state index in [-0.39, 0.29) is 5.92 Å². The molecule has 0 unspecified atom stereocenters. The van der Waals surface area contributed by atoms with Gasteiger partial charge < -0.3 is 5.32 Å². The van der Waals surface area contributed by atoms with Crippen molar-refractivity contribution in [2.45, 2.75) is 33.6 Å². The maximum atomic E-state index is 9.32. The lowest BCUT2D eigenvalue weighted by Crippen LogP contribution is -2.04. The topological polar surface area (TPSA) is 103 Å². The zero-order valence-corrected chi connectivity index (χ0v) is 18.2. The van der Waals surface area contributed by atoms with Gasteiger partial charge in [0.05, 0.1) is 11.6 Å². The van der Waals surface area contributed by atoms with Crippen LogP contribution in [0.2, 0.25) is 0 Å². The maximum absolute atomic E-state index is 9.32. The van der Waals surface area contributed by atoms with Crippen molar-refractivity contribution < 1.29 is 0 Å². The highest BCUT2D eigenvalue weighted by Gasteiger charge is 2.14. The summed E-state index contributed by atoms with van der Waals surface area (Å²) in [6, 6.07) is 9.47. The molecule has 2 aromatic heterocycles. The third kappa shape index (κ3) is 4.80. The number of alkyl halides is 1. The summed E-state index contributed by atoms with van der Waals surface area (Å²) in [5, 5.41) is 19.6. The molecule has 0 aliphatic heterocycles. The number of aromatic amines is 1. The predicted octanol–water partition coefficient (Wildman–Crippen LogP) is 4.67. The van der Waals surface area contributed by atoms with Crippen LogP contribution in [0.5, 0.6) is 0 Å². The molecule has 0 atom stereocenters. The number of nitriles is 1. The van der Waals surface area contributed by atoms with Gasteiger partial charge in [-0.15, -0.1) is 5.10 Å². The van der Waals surface area contributed by atoms with Gasteiger partial charge in [0.2, 0.25) is 5.95 Å². The van der Waals surface area contributed by atoms with Crippen LogP contribution in [-0.2, 0) is 0 Å². The van der Waals surface area contributed by atoms with Crippen molar-refractivity contribution in [3.05, 3.63) is 46.9 Å². The Labute approximate surface area is 172 Å². The van der Waals surface area contributed by atoms with Crippen molar-refractivity contribution in [1.29, 1.82) is 5.26 Å². The molecule has 0 amide bonds. The lowest BCUT2D eigenvalue weighted by atomic mass is 10.1. The fourth-order valence-electron chi connectivity index (χ4n) is 2.34. The minimum absolute atomic E-state index is 0.259. The van der Waals surface area contributed by atoms with Crippen molar-refractivity contribution in [3.8, 4) is 17.5 Å². The number of rotatable bonds is 4. The first-order valence-electron chi connectivity index (χ1n) is 8.41. The van der Waals surface area contributed by atoms with E-state index >= 15 is 0 Å². The van der Waals surface area contributed by atoms with Gasteiger partial charge in [0.15, 0.2) is 5.82 Å². The van der Waals surface area contributed by atoms with Gasteiger partial charge in [-0.05, 0) is 30.9 Å². The standard InChI is InChI=1S/C18H19N7.CH3I/c1-10(2)15-22-18(25-24-15)23-16-11(3)12(4)20-17(21-16)14-8-6-5-7-13(14)9-19;1-2/h5-8,10H,1-4H3,(H2,20,21,22,23,24,25);1H3. The molecule has 0 saturated heterocycles. The average Bonchev–Trinajstić information content (AvgIpc) is 3.16. The number of nitrogens with zero attached hydrogens (tertiary/aromatic N) is 5. The van der Waals surface area contributed by atoms with E-state index in [0.717, 1.165) is 17.1 Å². The van der Waals surface area contributed by atoms with Crippen molar-refractivity contribution in [2.24, 2.45) is 0 Å². The third-order valence-corrected chi connectivity index (χ3v) is 3.96. The van der Waals surface area contributed by atoms with Crippen LogP contribution < -0.4 is 5.32 Å². The summed E-state index contributed by atoms with van der Waals surface area (Å²) in [5.41, 5.74) is 2.99. The minimum Gasteiger partial charge on any atom is -0.307 e. The van der Waals surface area contributed by atoms with Crippen LogP contribution in [0.1, 0.15) is 42.4 Å². The number of halogens is 1. The smallest absolute Gasteiger partial charge is 0.247 e. The molecule has 0 saturated carbocycles. The molecule has 0 bridgehead atoms.